The lowest BCUT2D eigenvalue weighted by Crippen LogP contribution is -1.86. The Labute approximate surface area is 123 Å². The van der Waals surface area contributed by atoms with Crippen LogP contribution in [0, 0.1) is 0 Å². The van der Waals surface area contributed by atoms with Gasteiger partial charge in [0.15, 0.2) is 0 Å². The van der Waals surface area contributed by atoms with E-state index in [4.69, 9.17) is 10.3 Å². The summed E-state index contributed by atoms with van der Waals surface area (Å²) in [5, 5.41) is 6.25. The van der Waals surface area contributed by atoms with Crippen LogP contribution < -0.4 is 5.73 Å². The topological polar surface area (TPSA) is 52.0 Å². The molecule has 0 fully saturated rings. The van der Waals surface area contributed by atoms with Crippen LogP contribution in [-0.4, -0.2) is 5.16 Å². The van der Waals surface area contributed by atoms with Crippen LogP contribution in [-0.2, 0) is 0 Å². The lowest BCUT2D eigenvalue weighted by Gasteiger charge is -2.00. The Morgan fingerprint density at radius 1 is 1.05 bits per heavy atom. The minimum absolute atomic E-state index is 0.364. The summed E-state index contributed by atoms with van der Waals surface area (Å²) in [6, 6.07) is 14.3. The zero-order chi connectivity index (χ0) is 13.5. The number of aromatic nitrogens is 1. The molecular formula is C15H10N2OS2. The molecule has 5 heteroatoms. The number of hydrogen-bond donors (Lipinski definition) is 1. The van der Waals surface area contributed by atoms with Gasteiger partial charge in [0.25, 0.3) is 0 Å². The average molecular weight is 298 g/mol. The van der Waals surface area contributed by atoms with E-state index in [2.05, 4.69) is 22.7 Å². The van der Waals surface area contributed by atoms with Crippen LogP contribution in [0.2, 0.25) is 0 Å². The van der Waals surface area contributed by atoms with Crippen LogP contribution in [0.1, 0.15) is 0 Å². The number of nitrogens with two attached hydrogens (primary N) is 1. The summed E-state index contributed by atoms with van der Waals surface area (Å²) < 4.78 is 7.75. The molecule has 4 rings (SSSR count). The average Bonchev–Trinajstić information content (AvgIpc) is 3.12. The van der Waals surface area contributed by atoms with E-state index in [1.165, 1.54) is 9.40 Å². The maximum absolute atomic E-state index is 5.96. The highest BCUT2D eigenvalue weighted by Crippen LogP contribution is 2.42. The molecule has 0 aliphatic rings. The van der Waals surface area contributed by atoms with Gasteiger partial charge in [-0.1, -0.05) is 35.5 Å². The fourth-order valence-corrected chi connectivity index (χ4v) is 4.33. The Morgan fingerprint density at radius 2 is 1.90 bits per heavy atom. The Morgan fingerprint density at radius 3 is 2.70 bits per heavy atom. The van der Waals surface area contributed by atoms with Crippen molar-refractivity contribution in [3.63, 3.8) is 0 Å². The SMILES string of the molecule is Nc1onc(-c2cc3sccc3s2)c1-c1ccccc1. The maximum Gasteiger partial charge on any atom is 0.230 e. The fraction of sp³-hybridized carbons (Fsp3) is 0. The Hall–Kier alpha value is -2.11. The van der Waals surface area contributed by atoms with Crippen molar-refractivity contribution in [2.75, 3.05) is 5.73 Å². The summed E-state index contributed by atoms with van der Waals surface area (Å²) >= 11 is 3.44. The van der Waals surface area contributed by atoms with Gasteiger partial charge in [0.05, 0.1) is 10.4 Å². The smallest absolute Gasteiger partial charge is 0.230 e. The molecule has 0 amide bonds. The van der Waals surface area contributed by atoms with E-state index in [1.54, 1.807) is 22.7 Å². The Kier molecular flexibility index (Phi) is 2.61. The van der Waals surface area contributed by atoms with E-state index in [1.807, 2.05) is 30.3 Å². The van der Waals surface area contributed by atoms with Crippen molar-refractivity contribution in [2.45, 2.75) is 0 Å². The minimum Gasteiger partial charge on any atom is -0.367 e. The van der Waals surface area contributed by atoms with E-state index in [9.17, 15) is 0 Å². The molecule has 98 valence electrons. The molecule has 3 heterocycles. The number of nitrogen functional groups attached to an aromatic ring is 1. The summed E-state index contributed by atoms with van der Waals surface area (Å²) in [5.41, 5.74) is 8.68. The summed E-state index contributed by atoms with van der Waals surface area (Å²) in [4.78, 5) is 1.09. The van der Waals surface area contributed by atoms with Gasteiger partial charge in [0.2, 0.25) is 5.88 Å². The second kappa shape index (κ2) is 4.47. The van der Waals surface area contributed by atoms with Gasteiger partial charge in [-0.15, -0.1) is 22.7 Å². The molecule has 0 saturated carbocycles. The van der Waals surface area contributed by atoms with E-state index in [0.29, 0.717) is 5.88 Å². The van der Waals surface area contributed by atoms with Gasteiger partial charge < -0.3 is 10.3 Å². The van der Waals surface area contributed by atoms with Crippen molar-refractivity contribution in [1.29, 1.82) is 0 Å². The van der Waals surface area contributed by atoms with Gasteiger partial charge in [-0.2, -0.15) is 0 Å². The second-order valence-corrected chi connectivity index (χ2v) is 6.43. The third-order valence-electron chi connectivity index (χ3n) is 3.15. The minimum atomic E-state index is 0.364. The van der Waals surface area contributed by atoms with E-state index >= 15 is 0 Å². The molecule has 3 aromatic heterocycles. The largest absolute Gasteiger partial charge is 0.367 e. The monoisotopic (exact) mass is 298 g/mol. The third-order valence-corrected chi connectivity index (χ3v) is 5.25. The number of benzene rings is 1. The molecule has 0 saturated heterocycles. The zero-order valence-corrected chi connectivity index (χ0v) is 12.0. The summed E-state index contributed by atoms with van der Waals surface area (Å²) in [6.45, 7) is 0. The molecule has 0 spiro atoms. The van der Waals surface area contributed by atoms with Gasteiger partial charge in [0, 0.05) is 9.40 Å². The van der Waals surface area contributed by atoms with Gasteiger partial charge >= 0.3 is 0 Å². The fourth-order valence-electron chi connectivity index (χ4n) is 2.24. The summed E-state index contributed by atoms with van der Waals surface area (Å²) in [7, 11) is 0. The molecule has 0 aliphatic heterocycles. The predicted molar refractivity (Wildman–Crippen MR) is 85.0 cm³/mol. The molecule has 0 unspecified atom stereocenters. The number of anilines is 1. The highest BCUT2D eigenvalue weighted by atomic mass is 32.1. The van der Waals surface area contributed by atoms with Crippen LogP contribution in [0.3, 0.4) is 0 Å². The van der Waals surface area contributed by atoms with Gasteiger partial charge in [-0.3, -0.25) is 0 Å². The third kappa shape index (κ3) is 1.75. The number of fused-ring (bicyclic) bond motifs is 1. The van der Waals surface area contributed by atoms with E-state index in [-0.39, 0.29) is 0 Å². The van der Waals surface area contributed by atoms with Crippen molar-refractivity contribution in [3.05, 3.63) is 47.8 Å². The standard InChI is InChI=1S/C15H10N2OS2/c16-15-13(9-4-2-1-3-5-9)14(17-18-15)12-8-11-10(20-12)6-7-19-11/h1-8H,16H2. The number of rotatable bonds is 2. The first kappa shape index (κ1) is 11.7. The zero-order valence-electron chi connectivity index (χ0n) is 10.4. The Bertz CT molecular complexity index is 845. The van der Waals surface area contributed by atoms with Gasteiger partial charge in [-0.25, -0.2) is 0 Å². The van der Waals surface area contributed by atoms with Crippen LogP contribution in [0.4, 0.5) is 5.88 Å². The van der Waals surface area contributed by atoms with Gasteiger partial charge in [0.1, 0.15) is 5.69 Å². The van der Waals surface area contributed by atoms with Crippen molar-refractivity contribution in [1.82, 2.24) is 5.16 Å². The highest BCUT2D eigenvalue weighted by Gasteiger charge is 2.19. The van der Waals surface area contributed by atoms with Crippen LogP contribution in [0.5, 0.6) is 0 Å². The molecule has 0 bridgehead atoms. The molecule has 0 aliphatic carbocycles. The van der Waals surface area contributed by atoms with Crippen LogP contribution in [0.25, 0.3) is 31.1 Å². The molecule has 3 nitrogen and oxygen atoms in total. The lowest BCUT2D eigenvalue weighted by molar-refractivity contribution is 0.439. The van der Waals surface area contributed by atoms with Crippen LogP contribution >= 0.6 is 22.7 Å². The molecular weight excluding hydrogens is 288 g/mol. The Balaban J connectivity index is 1.93. The van der Waals surface area contributed by atoms with E-state index < -0.39 is 0 Å². The predicted octanol–water partition coefficient (Wildman–Crippen LogP) is 4.87. The van der Waals surface area contributed by atoms with Gasteiger partial charge in [-0.05, 0) is 23.1 Å². The molecule has 0 atom stereocenters. The summed E-state index contributed by atoms with van der Waals surface area (Å²) in [5.74, 6) is 0.364. The first-order valence-corrected chi connectivity index (χ1v) is 7.80. The van der Waals surface area contributed by atoms with Crippen LogP contribution in [0.15, 0.2) is 52.4 Å². The molecule has 1 aromatic carbocycles. The first-order chi connectivity index (χ1) is 9.83. The van der Waals surface area contributed by atoms with Crippen molar-refractivity contribution >= 4 is 38.0 Å². The number of thiophene rings is 2. The number of nitrogens with zero attached hydrogens (tertiary/aromatic N) is 1. The molecule has 20 heavy (non-hydrogen) atoms. The molecule has 4 aromatic rings. The quantitative estimate of drug-likeness (QED) is 0.574. The maximum atomic E-state index is 5.96. The highest BCUT2D eigenvalue weighted by molar-refractivity contribution is 7.28. The number of hydrogen-bond acceptors (Lipinski definition) is 5. The summed E-state index contributed by atoms with van der Waals surface area (Å²) in [6.07, 6.45) is 0. The second-order valence-electron chi connectivity index (χ2n) is 4.40. The van der Waals surface area contributed by atoms with Crippen molar-refractivity contribution in [2.24, 2.45) is 0 Å². The molecule has 0 radical (unpaired) electrons. The van der Waals surface area contributed by atoms with E-state index in [0.717, 1.165) is 21.7 Å². The van der Waals surface area contributed by atoms with Crippen molar-refractivity contribution in [3.8, 4) is 21.7 Å². The lowest BCUT2D eigenvalue weighted by atomic mass is 10.1. The molecule has 2 N–H and O–H groups in total. The first-order valence-electron chi connectivity index (χ1n) is 6.11. The van der Waals surface area contributed by atoms with Crippen molar-refractivity contribution < 1.29 is 4.52 Å². The normalized spacial score (nSPS) is 11.2.